The molecule has 4 aromatic rings. The third-order valence-corrected chi connectivity index (χ3v) is 4.78. The van der Waals surface area contributed by atoms with E-state index in [9.17, 15) is 9.18 Å². The van der Waals surface area contributed by atoms with Crippen LogP contribution >= 0.6 is 0 Å². The van der Waals surface area contributed by atoms with Crippen molar-refractivity contribution in [3.05, 3.63) is 71.8 Å². The van der Waals surface area contributed by atoms with Gasteiger partial charge in [-0.1, -0.05) is 12.1 Å². The zero-order valence-electron chi connectivity index (χ0n) is 17.2. The maximum absolute atomic E-state index is 14.8. The van der Waals surface area contributed by atoms with Gasteiger partial charge in [0.2, 0.25) is 17.7 Å². The second-order valence-electron chi connectivity index (χ2n) is 7.11. The molecule has 0 radical (unpaired) electrons. The molecule has 0 aliphatic rings. The molecule has 0 bridgehead atoms. The Morgan fingerprint density at radius 2 is 2.06 bits per heavy atom. The Morgan fingerprint density at radius 3 is 2.90 bits per heavy atom. The van der Waals surface area contributed by atoms with Gasteiger partial charge in [-0.05, 0) is 49.2 Å². The molecule has 158 valence electrons. The normalized spacial score (nSPS) is 10.8. The van der Waals surface area contributed by atoms with Crippen molar-refractivity contribution in [3.63, 3.8) is 0 Å². The lowest BCUT2D eigenvalue weighted by Crippen LogP contribution is -2.17. The van der Waals surface area contributed by atoms with Gasteiger partial charge in [0.1, 0.15) is 0 Å². The highest BCUT2D eigenvalue weighted by Gasteiger charge is 2.12. The number of nitrogens with zero attached hydrogens (tertiary/aromatic N) is 2. The molecule has 4 rings (SSSR count). The number of amides is 1. The van der Waals surface area contributed by atoms with Crippen LogP contribution in [0, 0.1) is 12.7 Å². The molecular weight excluding hydrogens is 397 g/mol. The smallest absolute Gasteiger partial charge is 0.230 e. The number of hydrogen-bond donors (Lipinski definition) is 3. The van der Waals surface area contributed by atoms with E-state index in [1.54, 1.807) is 31.3 Å². The molecular formula is C23H22FN5O2. The van der Waals surface area contributed by atoms with E-state index in [0.29, 0.717) is 29.7 Å². The Labute approximate surface area is 178 Å². The van der Waals surface area contributed by atoms with Crippen molar-refractivity contribution in [2.24, 2.45) is 0 Å². The highest BCUT2D eigenvalue weighted by Crippen LogP contribution is 2.30. The van der Waals surface area contributed by atoms with Crippen LogP contribution in [0.4, 0.5) is 16.0 Å². The van der Waals surface area contributed by atoms with Gasteiger partial charge >= 0.3 is 0 Å². The monoisotopic (exact) mass is 419 g/mol. The fourth-order valence-corrected chi connectivity index (χ4v) is 3.26. The number of fused-ring (bicyclic) bond motifs is 1. The number of carbonyl (C=O) groups excluding carboxylic acids is 1. The number of aromatic nitrogens is 3. The van der Waals surface area contributed by atoms with E-state index in [1.165, 1.54) is 6.20 Å². The van der Waals surface area contributed by atoms with Crippen molar-refractivity contribution in [1.82, 2.24) is 20.3 Å². The molecule has 0 saturated carbocycles. The molecule has 0 fully saturated rings. The number of aromatic amines is 1. The molecule has 2 aromatic heterocycles. The molecule has 0 saturated heterocycles. The fraction of sp³-hybridized carbons (Fsp3) is 0.174. The quantitative estimate of drug-likeness (QED) is 0.407. The molecule has 1 amide bonds. The van der Waals surface area contributed by atoms with Crippen molar-refractivity contribution in [1.29, 1.82) is 0 Å². The molecule has 0 unspecified atom stereocenters. The number of hydrogen-bond acceptors (Lipinski definition) is 5. The molecule has 2 heterocycles. The lowest BCUT2D eigenvalue weighted by atomic mass is 10.1. The Bertz CT molecular complexity index is 1240. The van der Waals surface area contributed by atoms with Crippen LogP contribution in [0.3, 0.4) is 0 Å². The van der Waals surface area contributed by atoms with Gasteiger partial charge in [-0.3, -0.25) is 4.79 Å². The number of anilines is 2. The summed E-state index contributed by atoms with van der Waals surface area (Å²) in [6.45, 7) is 1.87. The van der Waals surface area contributed by atoms with E-state index < -0.39 is 5.82 Å². The number of ether oxygens (including phenoxy) is 1. The molecule has 0 spiro atoms. The first-order chi connectivity index (χ1) is 15.0. The van der Waals surface area contributed by atoms with Gasteiger partial charge in [0, 0.05) is 48.0 Å². The van der Waals surface area contributed by atoms with Gasteiger partial charge in [-0.25, -0.2) is 9.37 Å². The first-order valence-electron chi connectivity index (χ1n) is 9.87. The van der Waals surface area contributed by atoms with E-state index in [-0.39, 0.29) is 17.5 Å². The number of benzene rings is 2. The molecule has 8 heteroatoms. The van der Waals surface area contributed by atoms with E-state index in [2.05, 4.69) is 25.6 Å². The average molecular weight is 419 g/mol. The molecule has 3 N–H and O–H groups in total. The summed E-state index contributed by atoms with van der Waals surface area (Å²) in [4.78, 5) is 23.1. The third-order valence-electron chi connectivity index (χ3n) is 4.78. The summed E-state index contributed by atoms with van der Waals surface area (Å²) < 4.78 is 20.5. The van der Waals surface area contributed by atoms with Gasteiger partial charge in [-0.2, -0.15) is 4.98 Å². The van der Waals surface area contributed by atoms with Crippen molar-refractivity contribution in [2.45, 2.75) is 19.8 Å². The number of rotatable bonds is 7. The first kappa shape index (κ1) is 20.3. The lowest BCUT2D eigenvalue weighted by Gasteiger charge is -2.10. The third kappa shape index (κ3) is 4.80. The number of carbonyl (C=O) groups is 1. The minimum atomic E-state index is -0.446. The molecule has 0 aliphatic heterocycles. The highest BCUT2D eigenvalue weighted by atomic mass is 19.1. The largest absolute Gasteiger partial charge is 0.436 e. The summed E-state index contributed by atoms with van der Waals surface area (Å²) in [5.41, 5.74) is 3.38. The summed E-state index contributed by atoms with van der Waals surface area (Å²) in [7, 11) is 1.62. The van der Waals surface area contributed by atoms with Crippen LogP contribution in [0.25, 0.3) is 10.9 Å². The van der Waals surface area contributed by atoms with E-state index in [4.69, 9.17) is 4.74 Å². The average Bonchev–Trinajstić information content (AvgIpc) is 3.16. The number of halogens is 1. The second-order valence-corrected chi connectivity index (χ2v) is 7.11. The summed E-state index contributed by atoms with van der Waals surface area (Å²) in [5.74, 6) is 0.177. The summed E-state index contributed by atoms with van der Waals surface area (Å²) in [5, 5.41) is 6.20. The molecule has 0 atom stereocenters. The maximum Gasteiger partial charge on any atom is 0.230 e. The predicted octanol–water partition coefficient (Wildman–Crippen LogP) is 4.62. The number of H-pyrrole nitrogens is 1. The van der Waals surface area contributed by atoms with Crippen LogP contribution in [0.2, 0.25) is 0 Å². The maximum atomic E-state index is 14.8. The van der Waals surface area contributed by atoms with Gasteiger partial charge in [0.05, 0.1) is 0 Å². The minimum Gasteiger partial charge on any atom is -0.436 e. The number of aryl methyl sites for hydroxylation is 2. The van der Waals surface area contributed by atoms with Crippen molar-refractivity contribution < 1.29 is 13.9 Å². The van der Waals surface area contributed by atoms with Crippen LogP contribution in [-0.2, 0) is 11.2 Å². The Kier molecular flexibility index (Phi) is 5.79. The molecule has 2 aromatic carbocycles. The predicted molar refractivity (Wildman–Crippen MR) is 117 cm³/mol. The van der Waals surface area contributed by atoms with E-state index >= 15 is 0 Å². The summed E-state index contributed by atoms with van der Waals surface area (Å²) in [6, 6.07) is 14.3. The fourth-order valence-electron chi connectivity index (χ4n) is 3.26. The number of nitrogens with one attached hydrogen (secondary N) is 3. The standard InChI is InChI=1S/C23H22FN5O2/c1-14-12-17-18(27-14)7-8-19(22(17)24)31-21-10-11-26-23(29-21)28-16-5-3-4-15(13-16)6-9-20(30)25-2/h3-5,7-8,10-13,27H,6,9H2,1-2H3,(H,25,30)(H,26,28,29). The van der Waals surface area contributed by atoms with Crippen LogP contribution in [0.5, 0.6) is 11.6 Å². The molecule has 7 nitrogen and oxygen atoms in total. The molecule has 0 aliphatic carbocycles. The van der Waals surface area contributed by atoms with Crippen LogP contribution in [-0.4, -0.2) is 27.9 Å². The van der Waals surface area contributed by atoms with Gasteiger partial charge in [0.25, 0.3) is 0 Å². The SMILES string of the molecule is CNC(=O)CCc1cccc(Nc2nccc(Oc3ccc4[nH]c(C)cc4c3F)n2)c1. The summed E-state index contributed by atoms with van der Waals surface area (Å²) >= 11 is 0. The highest BCUT2D eigenvalue weighted by molar-refractivity contribution is 5.82. The lowest BCUT2D eigenvalue weighted by molar-refractivity contribution is -0.120. The van der Waals surface area contributed by atoms with Crippen molar-refractivity contribution in [2.75, 3.05) is 12.4 Å². The van der Waals surface area contributed by atoms with Gasteiger partial charge < -0.3 is 20.4 Å². The van der Waals surface area contributed by atoms with Gasteiger partial charge in [0.15, 0.2) is 11.6 Å². The zero-order chi connectivity index (χ0) is 21.8. The summed E-state index contributed by atoms with van der Waals surface area (Å²) in [6.07, 6.45) is 2.58. The second kappa shape index (κ2) is 8.83. The Hall–Kier alpha value is -3.94. The Morgan fingerprint density at radius 1 is 1.19 bits per heavy atom. The van der Waals surface area contributed by atoms with Gasteiger partial charge in [-0.15, -0.1) is 0 Å². The topological polar surface area (TPSA) is 91.9 Å². The Balaban J connectivity index is 1.49. The van der Waals surface area contributed by atoms with E-state index in [0.717, 1.165) is 16.9 Å². The van der Waals surface area contributed by atoms with Crippen LogP contribution in [0.15, 0.2) is 54.7 Å². The zero-order valence-corrected chi connectivity index (χ0v) is 17.2. The van der Waals surface area contributed by atoms with Crippen molar-refractivity contribution in [3.8, 4) is 11.6 Å². The first-order valence-corrected chi connectivity index (χ1v) is 9.87. The van der Waals surface area contributed by atoms with Crippen LogP contribution < -0.4 is 15.4 Å². The van der Waals surface area contributed by atoms with Crippen molar-refractivity contribution >= 4 is 28.4 Å². The molecule has 31 heavy (non-hydrogen) atoms. The minimum absolute atomic E-state index is 0.00762. The van der Waals surface area contributed by atoms with E-state index in [1.807, 2.05) is 31.2 Å². The van der Waals surface area contributed by atoms with Crippen LogP contribution in [0.1, 0.15) is 17.7 Å².